The highest BCUT2D eigenvalue weighted by Gasteiger charge is 2.30. The zero-order chi connectivity index (χ0) is 74.6. The molecule has 0 saturated carbocycles. The van der Waals surface area contributed by atoms with Crippen LogP contribution in [0.4, 0.5) is 0 Å². The van der Waals surface area contributed by atoms with Gasteiger partial charge in [-0.15, -0.1) is 0 Å². The molecule has 0 aliphatic carbocycles. The molecule has 5 atom stereocenters. The van der Waals surface area contributed by atoms with E-state index >= 15 is 0 Å². The lowest BCUT2D eigenvalue weighted by atomic mass is 10.0. The lowest BCUT2D eigenvalue weighted by Gasteiger charge is -2.21. The zero-order valence-electron chi connectivity index (χ0n) is 65.0. The van der Waals surface area contributed by atoms with Crippen LogP contribution in [-0.4, -0.2) is 96.7 Å². The number of hydrogen-bond donors (Lipinski definition) is 3. The second-order valence-corrected chi connectivity index (χ2v) is 30.6. The van der Waals surface area contributed by atoms with E-state index < -0.39 is 97.5 Å². The summed E-state index contributed by atoms with van der Waals surface area (Å²) in [5.74, 6) is -2.22. The third-order valence-electron chi connectivity index (χ3n) is 17.7. The molecule has 19 heteroatoms. The topological polar surface area (TPSA) is 237 Å². The van der Waals surface area contributed by atoms with Gasteiger partial charge in [-0.3, -0.25) is 37.3 Å². The van der Waals surface area contributed by atoms with Crippen LogP contribution >= 0.6 is 15.6 Å². The van der Waals surface area contributed by atoms with Crippen molar-refractivity contribution in [3.05, 3.63) is 72.9 Å². The molecule has 0 rings (SSSR count). The van der Waals surface area contributed by atoms with Crippen molar-refractivity contribution in [3.8, 4) is 0 Å². The van der Waals surface area contributed by atoms with Crippen molar-refractivity contribution in [2.24, 2.45) is 0 Å². The molecule has 102 heavy (non-hydrogen) atoms. The first-order valence-electron chi connectivity index (χ1n) is 41.2. The number of ether oxygens (including phenoxy) is 4. The van der Waals surface area contributed by atoms with Gasteiger partial charge in [-0.25, -0.2) is 9.13 Å². The minimum absolute atomic E-state index is 0.0698. The lowest BCUT2D eigenvalue weighted by molar-refractivity contribution is -0.161. The van der Waals surface area contributed by atoms with Crippen LogP contribution in [0.1, 0.15) is 374 Å². The van der Waals surface area contributed by atoms with Gasteiger partial charge in [-0.2, -0.15) is 0 Å². The number of esters is 4. The highest BCUT2D eigenvalue weighted by atomic mass is 31.2. The average molecular weight is 1480 g/mol. The van der Waals surface area contributed by atoms with Crippen molar-refractivity contribution in [2.45, 2.75) is 393 Å². The fourth-order valence-electron chi connectivity index (χ4n) is 11.4. The van der Waals surface area contributed by atoms with Gasteiger partial charge in [-0.1, -0.05) is 325 Å². The van der Waals surface area contributed by atoms with Crippen molar-refractivity contribution in [1.82, 2.24) is 0 Å². The molecule has 0 radical (unpaired) electrons. The van der Waals surface area contributed by atoms with Gasteiger partial charge in [0.25, 0.3) is 0 Å². The summed E-state index contributed by atoms with van der Waals surface area (Å²) >= 11 is 0. The summed E-state index contributed by atoms with van der Waals surface area (Å²) in [5, 5.41) is 10.6. The monoisotopic (exact) mass is 1480 g/mol. The van der Waals surface area contributed by atoms with E-state index in [1.165, 1.54) is 173 Å². The fourth-order valence-corrected chi connectivity index (χ4v) is 12.9. The van der Waals surface area contributed by atoms with Crippen LogP contribution in [0.3, 0.4) is 0 Å². The van der Waals surface area contributed by atoms with Gasteiger partial charge in [0.1, 0.15) is 19.3 Å². The average Bonchev–Trinajstić information content (AvgIpc) is 0.923. The molecule has 0 aromatic heterocycles. The van der Waals surface area contributed by atoms with Gasteiger partial charge in [0.05, 0.1) is 26.4 Å². The van der Waals surface area contributed by atoms with E-state index in [9.17, 15) is 43.2 Å². The van der Waals surface area contributed by atoms with Crippen molar-refractivity contribution < 1.29 is 80.2 Å². The SMILES string of the molecule is CCCCC/C=C\C/C=C\C/C=C\C/C=C\CCCC(=O)OC[C@H](COP(=O)(O)OC[C@@H](O)COP(=O)(O)OC[C@@H](COC(=O)CCCCCCCCCCCCCCCCC)OC(=O)CCCCCCCCCCCCCCCCC)OC(=O)CCCCCCC/C=C\C/C=C\CCCCC. The number of unbranched alkanes of at least 4 members (excludes halogenated alkanes) is 40. The molecule has 0 spiro atoms. The van der Waals surface area contributed by atoms with E-state index in [2.05, 4.69) is 88.5 Å². The Bertz CT molecular complexity index is 2210. The Morgan fingerprint density at radius 3 is 0.794 bits per heavy atom. The smallest absolute Gasteiger partial charge is 0.462 e. The van der Waals surface area contributed by atoms with E-state index in [1.54, 1.807) is 0 Å². The van der Waals surface area contributed by atoms with Crippen LogP contribution in [0.15, 0.2) is 72.9 Å². The van der Waals surface area contributed by atoms with E-state index in [-0.39, 0.29) is 25.7 Å². The number of aliphatic hydroxyl groups excluding tert-OH is 1. The first-order chi connectivity index (χ1) is 49.7. The highest BCUT2D eigenvalue weighted by Crippen LogP contribution is 2.45. The summed E-state index contributed by atoms with van der Waals surface area (Å²) in [4.78, 5) is 73.0. The van der Waals surface area contributed by atoms with Crippen LogP contribution in [0.25, 0.3) is 0 Å². The van der Waals surface area contributed by atoms with E-state index in [4.69, 9.17) is 37.0 Å². The maximum atomic E-state index is 13.1. The predicted octanol–water partition coefficient (Wildman–Crippen LogP) is 24.0. The molecule has 0 aliphatic rings. The highest BCUT2D eigenvalue weighted by molar-refractivity contribution is 7.47. The number of phosphoric ester groups is 2. The number of hydrogen-bond acceptors (Lipinski definition) is 15. The fraction of sp³-hybridized carbons (Fsp3) is 0.807. The molecule has 0 aliphatic heterocycles. The number of phosphoric acid groups is 2. The summed E-state index contributed by atoms with van der Waals surface area (Å²) < 4.78 is 68.6. The summed E-state index contributed by atoms with van der Waals surface area (Å²) in [6, 6.07) is 0. The van der Waals surface area contributed by atoms with Crippen molar-refractivity contribution in [2.75, 3.05) is 39.6 Å². The number of rotatable bonds is 78. The van der Waals surface area contributed by atoms with Gasteiger partial charge in [-0.05, 0) is 96.3 Å². The van der Waals surface area contributed by atoms with Crippen molar-refractivity contribution in [1.29, 1.82) is 0 Å². The van der Waals surface area contributed by atoms with Crippen molar-refractivity contribution in [3.63, 3.8) is 0 Å². The minimum atomic E-state index is -4.99. The summed E-state index contributed by atoms with van der Waals surface area (Å²) in [6.45, 7) is 4.83. The molecular formula is C83H150O17P2. The van der Waals surface area contributed by atoms with Crippen LogP contribution in [0, 0.1) is 0 Å². The van der Waals surface area contributed by atoms with E-state index in [1.807, 2.05) is 12.2 Å². The number of carbonyl (C=O) groups excluding carboxylic acids is 4. The molecule has 0 bridgehead atoms. The normalized spacial score (nSPS) is 14.2. The van der Waals surface area contributed by atoms with Gasteiger partial charge in [0, 0.05) is 25.7 Å². The second kappa shape index (κ2) is 75.7. The Kier molecular flexibility index (Phi) is 73.1. The van der Waals surface area contributed by atoms with Crippen LogP contribution in [0.5, 0.6) is 0 Å². The standard InChI is InChI=1S/C83H150O17P2/c1-5-9-13-17-21-25-29-33-37-38-42-44-48-52-56-60-64-68-81(86)94-74-79(100-83(88)70-66-62-58-54-50-46-41-36-32-28-24-20-16-12-8-4)76-98-102(91,92)96-72-77(84)71-95-101(89,90)97-75-78(99-82(87)69-65-61-57-53-49-45-40-35-31-27-23-19-15-11-7-3)73-93-80(85)67-63-59-55-51-47-43-39-34-30-26-22-18-14-10-6-2/h21,24-25,28,33,36-37,41-42,44,52,56,77-79,84H,5-20,22-23,26-27,29-32,34-35,38-40,43,45-51,53-55,57-76H2,1-4H3,(H,89,90)(H,91,92)/b25-21-,28-24-,37-33-,41-36-,44-42-,56-52-/t77-,78+,79+/m0/s1. The Hall–Kier alpha value is -3.50. The quantitative estimate of drug-likeness (QED) is 0.0169. The third-order valence-corrected chi connectivity index (χ3v) is 19.6. The van der Waals surface area contributed by atoms with Gasteiger partial charge >= 0.3 is 39.5 Å². The number of aliphatic hydroxyl groups is 1. The van der Waals surface area contributed by atoms with E-state index in [0.29, 0.717) is 32.1 Å². The summed E-state index contributed by atoms with van der Waals surface area (Å²) in [5.41, 5.74) is 0. The molecule has 0 fully saturated rings. The summed E-state index contributed by atoms with van der Waals surface area (Å²) in [6.07, 6.45) is 77.3. The van der Waals surface area contributed by atoms with Crippen LogP contribution in [-0.2, 0) is 65.4 Å². The Balaban J connectivity index is 5.38. The zero-order valence-corrected chi connectivity index (χ0v) is 66.8. The van der Waals surface area contributed by atoms with E-state index in [0.717, 1.165) is 116 Å². The number of carbonyl (C=O) groups is 4. The third kappa shape index (κ3) is 74.8. The first-order valence-corrected chi connectivity index (χ1v) is 44.2. The number of allylic oxidation sites excluding steroid dienone is 12. The minimum Gasteiger partial charge on any atom is -0.462 e. The van der Waals surface area contributed by atoms with Crippen molar-refractivity contribution >= 4 is 39.5 Å². The lowest BCUT2D eigenvalue weighted by Crippen LogP contribution is -2.30. The predicted molar refractivity (Wildman–Crippen MR) is 418 cm³/mol. The molecule has 0 aromatic carbocycles. The molecule has 0 saturated heterocycles. The molecule has 594 valence electrons. The van der Waals surface area contributed by atoms with Crippen LogP contribution < -0.4 is 0 Å². The molecule has 17 nitrogen and oxygen atoms in total. The Morgan fingerprint density at radius 1 is 0.275 bits per heavy atom. The molecule has 3 N–H and O–H groups in total. The Morgan fingerprint density at radius 2 is 0.490 bits per heavy atom. The maximum Gasteiger partial charge on any atom is 0.472 e. The second-order valence-electron chi connectivity index (χ2n) is 27.7. The molecule has 0 aromatic rings. The van der Waals surface area contributed by atoms with Crippen LogP contribution in [0.2, 0.25) is 0 Å². The maximum absolute atomic E-state index is 13.1. The first kappa shape index (κ1) is 98.5. The summed E-state index contributed by atoms with van der Waals surface area (Å²) in [7, 11) is -9.96. The molecule has 0 heterocycles. The molecule has 0 amide bonds. The van der Waals surface area contributed by atoms with Gasteiger partial charge in [0.2, 0.25) is 0 Å². The Labute approximate surface area is 622 Å². The largest absolute Gasteiger partial charge is 0.472 e. The van der Waals surface area contributed by atoms with Gasteiger partial charge in [0.15, 0.2) is 12.2 Å². The van der Waals surface area contributed by atoms with Gasteiger partial charge < -0.3 is 33.8 Å². The molecular weight excluding hydrogens is 1330 g/mol. The molecule has 2 unspecified atom stereocenters.